The topological polar surface area (TPSA) is 37.4 Å². The lowest BCUT2D eigenvalue weighted by Gasteiger charge is -2.40. The summed E-state index contributed by atoms with van der Waals surface area (Å²) >= 11 is 6.26. The molecule has 4 nitrogen and oxygen atoms in total. The molecule has 5 heteroatoms. The van der Waals surface area contributed by atoms with Crippen molar-refractivity contribution in [2.24, 2.45) is 0 Å². The van der Waals surface area contributed by atoms with Gasteiger partial charge in [0.05, 0.1) is 10.6 Å². The lowest BCUT2D eigenvalue weighted by Crippen LogP contribution is -2.47. The van der Waals surface area contributed by atoms with Crippen LogP contribution in [0.1, 0.15) is 39.2 Å². The Bertz CT molecular complexity index is 481. The quantitative estimate of drug-likeness (QED) is 0.906. The van der Waals surface area contributed by atoms with Gasteiger partial charge in [-0.1, -0.05) is 25.4 Å². The van der Waals surface area contributed by atoms with Gasteiger partial charge in [-0.15, -0.1) is 0 Å². The van der Waals surface area contributed by atoms with E-state index in [9.17, 15) is 0 Å². The van der Waals surface area contributed by atoms with Gasteiger partial charge < -0.3 is 15.0 Å². The Hall–Kier alpha value is -0.840. The Labute approximate surface area is 132 Å². The van der Waals surface area contributed by atoms with Gasteiger partial charge in [0.2, 0.25) is 0 Å². The second-order valence-electron chi connectivity index (χ2n) is 6.35. The molecular weight excluding hydrogens is 286 g/mol. The van der Waals surface area contributed by atoms with Crippen molar-refractivity contribution in [1.29, 1.82) is 0 Å². The zero-order chi connectivity index (χ0) is 15.5. The zero-order valence-electron chi connectivity index (χ0n) is 13.4. The maximum Gasteiger partial charge on any atom is 0.129 e. The van der Waals surface area contributed by atoms with Gasteiger partial charge in [0.1, 0.15) is 5.82 Å². The van der Waals surface area contributed by atoms with Gasteiger partial charge in [0, 0.05) is 39.0 Å². The van der Waals surface area contributed by atoms with Crippen LogP contribution >= 0.6 is 11.6 Å². The van der Waals surface area contributed by atoms with Gasteiger partial charge in [0.15, 0.2) is 0 Å². The minimum absolute atomic E-state index is 0.0874. The van der Waals surface area contributed by atoms with E-state index < -0.39 is 0 Å². The van der Waals surface area contributed by atoms with Gasteiger partial charge in [-0.05, 0) is 31.4 Å². The third-order valence-electron chi connectivity index (χ3n) is 4.10. The maximum absolute atomic E-state index is 6.26. The molecule has 0 spiro atoms. The van der Waals surface area contributed by atoms with Crippen LogP contribution in [0.15, 0.2) is 12.3 Å². The van der Waals surface area contributed by atoms with Crippen LogP contribution in [-0.4, -0.2) is 36.8 Å². The van der Waals surface area contributed by atoms with Gasteiger partial charge in [0.25, 0.3) is 0 Å². The molecule has 0 aliphatic carbocycles. The van der Waals surface area contributed by atoms with Crippen LogP contribution in [0.3, 0.4) is 0 Å². The Morgan fingerprint density at radius 2 is 2.29 bits per heavy atom. The third kappa shape index (κ3) is 4.31. The Morgan fingerprint density at radius 3 is 2.95 bits per heavy atom. The maximum atomic E-state index is 6.26. The van der Waals surface area contributed by atoms with Crippen LogP contribution in [0, 0.1) is 0 Å². The van der Waals surface area contributed by atoms with Crippen molar-refractivity contribution >= 4 is 17.4 Å². The number of rotatable bonds is 5. The molecule has 0 radical (unpaired) electrons. The number of aromatic nitrogens is 1. The van der Waals surface area contributed by atoms with Gasteiger partial charge in [-0.2, -0.15) is 0 Å². The SMILES string of the molecule is COC1(C)CCCN(c2cc(CNC(C)C)c(Cl)cn2)C1. The molecule has 0 bridgehead atoms. The number of hydrogen-bond acceptors (Lipinski definition) is 4. The average molecular weight is 312 g/mol. The Balaban J connectivity index is 2.14. The van der Waals surface area contributed by atoms with Crippen molar-refractivity contribution in [2.75, 3.05) is 25.1 Å². The van der Waals surface area contributed by atoms with E-state index in [-0.39, 0.29) is 5.60 Å². The second kappa shape index (κ2) is 6.95. The number of halogens is 1. The number of ether oxygens (including phenoxy) is 1. The van der Waals surface area contributed by atoms with E-state index in [1.54, 1.807) is 13.3 Å². The summed E-state index contributed by atoms with van der Waals surface area (Å²) in [5, 5.41) is 4.13. The lowest BCUT2D eigenvalue weighted by molar-refractivity contribution is -0.00481. The summed E-state index contributed by atoms with van der Waals surface area (Å²) in [5.74, 6) is 0.989. The van der Waals surface area contributed by atoms with Crippen molar-refractivity contribution in [3.05, 3.63) is 22.8 Å². The first-order valence-corrected chi connectivity index (χ1v) is 7.99. The summed E-state index contributed by atoms with van der Waals surface area (Å²) in [6, 6.07) is 2.53. The molecule has 118 valence electrons. The molecule has 1 N–H and O–H groups in total. The molecule has 0 aromatic carbocycles. The molecular formula is C16H26ClN3O. The molecule has 1 aliphatic heterocycles. The molecule has 1 aliphatic rings. The Morgan fingerprint density at radius 1 is 1.52 bits per heavy atom. The highest BCUT2D eigenvalue weighted by atomic mass is 35.5. The number of hydrogen-bond donors (Lipinski definition) is 1. The summed E-state index contributed by atoms with van der Waals surface area (Å²) in [7, 11) is 1.79. The summed E-state index contributed by atoms with van der Waals surface area (Å²) in [6.45, 7) is 9.08. The molecule has 1 fully saturated rings. The number of methoxy groups -OCH3 is 1. The van der Waals surface area contributed by atoms with E-state index in [1.807, 2.05) is 0 Å². The van der Waals surface area contributed by atoms with Crippen LogP contribution in [0.5, 0.6) is 0 Å². The van der Waals surface area contributed by atoms with Crippen LogP contribution in [0.25, 0.3) is 0 Å². The highest BCUT2D eigenvalue weighted by Gasteiger charge is 2.31. The smallest absolute Gasteiger partial charge is 0.129 e. The minimum atomic E-state index is -0.0874. The van der Waals surface area contributed by atoms with Crippen molar-refractivity contribution in [1.82, 2.24) is 10.3 Å². The van der Waals surface area contributed by atoms with E-state index in [4.69, 9.17) is 16.3 Å². The number of piperidine rings is 1. The standard InChI is InChI=1S/C16H26ClN3O/c1-12(2)18-9-13-8-15(19-10-14(13)17)20-7-5-6-16(3,11-20)21-4/h8,10,12,18H,5-7,9,11H2,1-4H3. The predicted octanol–water partition coefficient (Wildman–Crippen LogP) is 3.24. The summed E-state index contributed by atoms with van der Waals surface area (Å²) in [4.78, 5) is 6.79. The Kier molecular flexibility index (Phi) is 5.47. The van der Waals surface area contributed by atoms with Gasteiger partial charge in [-0.3, -0.25) is 0 Å². The molecule has 0 saturated carbocycles. The number of pyridine rings is 1. The van der Waals surface area contributed by atoms with Crippen LogP contribution in [0.4, 0.5) is 5.82 Å². The summed E-state index contributed by atoms with van der Waals surface area (Å²) < 4.78 is 5.66. The first-order chi connectivity index (χ1) is 9.93. The fourth-order valence-corrected chi connectivity index (χ4v) is 2.83. The highest BCUT2D eigenvalue weighted by molar-refractivity contribution is 6.31. The summed E-state index contributed by atoms with van der Waals surface area (Å²) in [6.07, 6.45) is 3.97. The van der Waals surface area contributed by atoms with Crippen molar-refractivity contribution < 1.29 is 4.74 Å². The predicted molar refractivity (Wildman–Crippen MR) is 88.1 cm³/mol. The number of anilines is 1. The molecule has 21 heavy (non-hydrogen) atoms. The van der Waals surface area contributed by atoms with Gasteiger partial charge >= 0.3 is 0 Å². The fourth-order valence-electron chi connectivity index (χ4n) is 2.66. The molecule has 1 atom stereocenters. The number of nitrogens with one attached hydrogen (secondary N) is 1. The first kappa shape index (κ1) is 16.5. The highest BCUT2D eigenvalue weighted by Crippen LogP contribution is 2.28. The second-order valence-corrected chi connectivity index (χ2v) is 6.76. The van der Waals surface area contributed by atoms with Crippen LogP contribution in [0.2, 0.25) is 5.02 Å². The number of nitrogens with zero attached hydrogens (tertiary/aromatic N) is 2. The monoisotopic (exact) mass is 311 g/mol. The van der Waals surface area contributed by atoms with Crippen LogP contribution in [-0.2, 0) is 11.3 Å². The van der Waals surface area contributed by atoms with Crippen LogP contribution < -0.4 is 10.2 Å². The lowest BCUT2D eigenvalue weighted by atomic mass is 9.95. The normalized spacial score (nSPS) is 22.9. The van der Waals surface area contributed by atoms with E-state index in [0.717, 1.165) is 48.9 Å². The fraction of sp³-hybridized carbons (Fsp3) is 0.688. The zero-order valence-corrected chi connectivity index (χ0v) is 14.2. The van der Waals surface area contributed by atoms with E-state index in [0.29, 0.717) is 6.04 Å². The first-order valence-electron chi connectivity index (χ1n) is 7.61. The molecule has 1 aromatic rings. The molecule has 2 rings (SSSR count). The molecule has 0 amide bonds. The van der Waals surface area contributed by atoms with Gasteiger partial charge in [-0.25, -0.2) is 4.98 Å². The van der Waals surface area contributed by atoms with E-state index in [2.05, 4.69) is 42.0 Å². The molecule has 1 saturated heterocycles. The van der Waals surface area contributed by atoms with Crippen molar-refractivity contribution in [3.63, 3.8) is 0 Å². The molecule has 2 heterocycles. The molecule has 1 aromatic heterocycles. The third-order valence-corrected chi connectivity index (χ3v) is 4.44. The minimum Gasteiger partial charge on any atom is -0.377 e. The summed E-state index contributed by atoms with van der Waals surface area (Å²) in [5.41, 5.74) is 1.01. The largest absolute Gasteiger partial charge is 0.377 e. The van der Waals surface area contributed by atoms with Crippen molar-refractivity contribution in [3.8, 4) is 0 Å². The molecule has 1 unspecified atom stereocenters. The van der Waals surface area contributed by atoms with E-state index >= 15 is 0 Å². The van der Waals surface area contributed by atoms with Crippen molar-refractivity contribution in [2.45, 2.75) is 51.8 Å². The van der Waals surface area contributed by atoms with E-state index in [1.165, 1.54) is 0 Å². The average Bonchev–Trinajstić information content (AvgIpc) is 2.46.